The first-order chi connectivity index (χ1) is 15.2. The van der Waals surface area contributed by atoms with Crippen molar-refractivity contribution in [2.45, 2.75) is 12.8 Å². The van der Waals surface area contributed by atoms with Crippen molar-refractivity contribution in [3.8, 4) is 5.75 Å². The van der Waals surface area contributed by atoms with Gasteiger partial charge in [-0.15, -0.1) is 0 Å². The number of hydrogen-bond donors (Lipinski definition) is 0. The third-order valence-corrected chi connectivity index (χ3v) is 7.83. The second kappa shape index (κ2) is 9.59. The van der Waals surface area contributed by atoms with E-state index in [0.717, 1.165) is 59.1 Å². The number of halogens is 3. The summed E-state index contributed by atoms with van der Waals surface area (Å²) in [6.45, 7) is 3.93. The van der Waals surface area contributed by atoms with E-state index in [2.05, 4.69) is 20.8 Å². The molecule has 0 saturated carbocycles. The predicted octanol–water partition coefficient (Wildman–Crippen LogP) is 4.02. The topological polar surface area (TPSA) is 49.9 Å². The number of nitrogens with zero attached hydrogens (tertiary/aromatic N) is 2. The lowest BCUT2D eigenvalue weighted by molar-refractivity contribution is 0.175. The fraction of sp³-hybridized carbons (Fsp3) is 0.391. The zero-order valence-corrected chi connectivity index (χ0v) is 20.2. The lowest BCUT2D eigenvalue weighted by Gasteiger charge is -2.33. The van der Waals surface area contributed by atoms with Gasteiger partial charge in [-0.1, -0.05) is 22.0 Å². The van der Waals surface area contributed by atoms with Gasteiger partial charge >= 0.3 is 0 Å². The molecule has 1 heterocycles. The maximum atomic E-state index is 14.3. The van der Waals surface area contributed by atoms with Crippen LogP contribution in [0.4, 0.5) is 8.78 Å². The monoisotopic (exact) mass is 526 g/mol. The highest BCUT2D eigenvalue weighted by Gasteiger charge is 2.25. The van der Waals surface area contributed by atoms with E-state index in [1.807, 2.05) is 18.2 Å². The summed E-state index contributed by atoms with van der Waals surface area (Å²) in [5, 5.41) is 0. The maximum Gasteiger partial charge on any atom is 0.211 e. The fourth-order valence-corrected chi connectivity index (χ4v) is 5.75. The normalized spacial score (nSPS) is 17.6. The first kappa shape index (κ1) is 23.4. The van der Waals surface area contributed by atoms with Crippen LogP contribution >= 0.6 is 15.9 Å². The number of sulfonamides is 1. The van der Waals surface area contributed by atoms with Crippen LogP contribution in [-0.2, 0) is 16.4 Å². The molecule has 172 valence electrons. The minimum atomic E-state index is -3.11. The Bertz CT molecular complexity index is 1150. The Labute approximate surface area is 195 Å². The third-order valence-electron chi connectivity index (χ3n) is 5.85. The molecule has 0 aromatic heterocycles. The van der Waals surface area contributed by atoms with Crippen molar-refractivity contribution in [3.63, 3.8) is 0 Å². The van der Waals surface area contributed by atoms with Gasteiger partial charge in [0.25, 0.3) is 0 Å². The van der Waals surface area contributed by atoms with Crippen LogP contribution in [0.3, 0.4) is 0 Å². The molecule has 1 aliphatic heterocycles. The number of ether oxygens (including phenoxy) is 1. The van der Waals surface area contributed by atoms with Gasteiger partial charge in [0.05, 0.1) is 12.9 Å². The Hall–Kier alpha value is -1.81. The van der Waals surface area contributed by atoms with Crippen molar-refractivity contribution in [3.05, 3.63) is 69.2 Å². The molecule has 2 aromatic carbocycles. The van der Waals surface area contributed by atoms with Crippen LogP contribution in [0.15, 0.2) is 40.9 Å². The molecule has 0 bridgehead atoms. The predicted molar refractivity (Wildman–Crippen MR) is 124 cm³/mol. The quantitative estimate of drug-likeness (QED) is 0.511. The van der Waals surface area contributed by atoms with Gasteiger partial charge in [-0.3, -0.25) is 0 Å². The van der Waals surface area contributed by atoms with E-state index in [4.69, 9.17) is 4.74 Å². The minimum absolute atomic E-state index is 0.377. The van der Waals surface area contributed by atoms with E-state index in [0.29, 0.717) is 31.7 Å². The van der Waals surface area contributed by atoms with Gasteiger partial charge in [-0.2, -0.15) is 4.31 Å². The van der Waals surface area contributed by atoms with Gasteiger partial charge < -0.3 is 9.64 Å². The van der Waals surface area contributed by atoms with Crippen LogP contribution < -0.4 is 4.74 Å². The first-order valence-electron chi connectivity index (χ1n) is 10.5. The minimum Gasteiger partial charge on any atom is -0.494 e. The van der Waals surface area contributed by atoms with Crippen molar-refractivity contribution >= 4 is 31.5 Å². The van der Waals surface area contributed by atoms with Crippen LogP contribution in [0.1, 0.15) is 23.1 Å². The molecule has 1 aliphatic carbocycles. The zero-order chi connectivity index (χ0) is 22.9. The molecule has 2 aromatic rings. The van der Waals surface area contributed by atoms with Crippen LogP contribution in [-0.4, -0.2) is 63.2 Å². The van der Waals surface area contributed by atoms with E-state index in [1.54, 1.807) is 0 Å². The highest BCUT2D eigenvalue weighted by Crippen LogP contribution is 2.42. The lowest BCUT2D eigenvalue weighted by atomic mass is 9.98. The molecule has 1 fully saturated rings. The summed E-state index contributed by atoms with van der Waals surface area (Å²) in [6.07, 6.45) is 2.72. The highest BCUT2D eigenvalue weighted by molar-refractivity contribution is 9.11. The average Bonchev–Trinajstić information content (AvgIpc) is 3.06. The van der Waals surface area contributed by atoms with Gasteiger partial charge in [0.2, 0.25) is 10.0 Å². The number of benzene rings is 2. The molecule has 0 N–H and O–H groups in total. The van der Waals surface area contributed by atoms with E-state index < -0.39 is 21.7 Å². The first-order valence-corrected chi connectivity index (χ1v) is 13.1. The number of hydrogen-bond acceptors (Lipinski definition) is 4. The Morgan fingerprint density at radius 3 is 2.44 bits per heavy atom. The van der Waals surface area contributed by atoms with Crippen LogP contribution in [0, 0.1) is 11.6 Å². The smallest absolute Gasteiger partial charge is 0.211 e. The molecular formula is C23H25BrF2N2O3S. The summed E-state index contributed by atoms with van der Waals surface area (Å²) in [5.74, 6) is -0.420. The molecule has 0 radical (unpaired) electrons. The van der Waals surface area contributed by atoms with E-state index >= 15 is 0 Å². The van der Waals surface area contributed by atoms with Crippen molar-refractivity contribution in [2.75, 3.05) is 45.6 Å². The lowest BCUT2D eigenvalue weighted by Crippen LogP contribution is -2.48. The molecule has 4 rings (SSSR count). The summed E-state index contributed by atoms with van der Waals surface area (Å²) in [7, 11) is -3.11. The van der Waals surface area contributed by atoms with Gasteiger partial charge in [-0.25, -0.2) is 17.2 Å². The Kier molecular flexibility index (Phi) is 7.00. The number of fused-ring (bicyclic) bond motifs is 1. The molecular weight excluding hydrogens is 502 g/mol. The number of piperazine rings is 1. The van der Waals surface area contributed by atoms with Crippen LogP contribution in [0.5, 0.6) is 5.75 Å². The summed E-state index contributed by atoms with van der Waals surface area (Å²) in [6, 6.07) is 9.39. The van der Waals surface area contributed by atoms with Crippen LogP contribution in [0.25, 0.3) is 5.57 Å². The second-order valence-electron chi connectivity index (χ2n) is 8.11. The number of rotatable bonds is 7. The standard InChI is InChI=1S/C23H25BrF2N2O3S/c1-32(29,30)28-10-8-27(9-11-28)7-2-12-31-18-4-6-19-16(13-18)14-21(24)23(19)20-5-3-17(25)15-22(20)26/h3-6,13,15H,2,7-12,14H2,1H3. The molecule has 0 amide bonds. The average molecular weight is 527 g/mol. The van der Waals surface area contributed by atoms with Crippen LogP contribution in [0.2, 0.25) is 0 Å². The summed E-state index contributed by atoms with van der Waals surface area (Å²) in [5.41, 5.74) is 3.07. The van der Waals surface area contributed by atoms with Crippen molar-refractivity contribution in [1.29, 1.82) is 0 Å². The molecule has 9 heteroatoms. The fourth-order valence-electron chi connectivity index (χ4n) is 4.20. The van der Waals surface area contributed by atoms with Gasteiger partial charge in [0, 0.05) is 60.8 Å². The highest BCUT2D eigenvalue weighted by atomic mass is 79.9. The largest absolute Gasteiger partial charge is 0.494 e. The summed E-state index contributed by atoms with van der Waals surface area (Å²) < 4.78 is 59.1. The molecule has 2 aliphatic rings. The Balaban J connectivity index is 1.31. The molecule has 1 saturated heterocycles. The molecule has 0 atom stereocenters. The van der Waals surface area contributed by atoms with Crippen molar-refractivity contribution in [2.24, 2.45) is 0 Å². The SMILES string of the molecule is CS(=O)(=O)N1CCN(CCCOc2ccc3c(c2)CC(Br)=C3c2ccc(F)cc2F)CC1. The molecule has 32 heavy (non-hydrogen) atoms. The van der Waals surface area contributed by atoms with Crippen molar-refractivity contribution < 1.29 is 21.9 Å². The zero-order valence-electron chi connectivity index (χ0n) is 17.8. The Morgan fingerprint density at radius 1 is 1.03 bits per heavy atom. The Morgan fingerprint density at radius 2 is 1.75 bits per heavy atom. The molecule has 5 nitrogen and oxygen atoms in total. The van der Waals surface area contributed by atoms with E-state index in [-0.39, 0.29) is 0 Å². The molecule has 0 unspecified atom stereocenters. The van der Waals surface area contributed by atoms with Crippen molar-refractivity contribution in [1.82, 2.24) is 9.21 Å². The van der Waals surface area contributed by atoms with E-state index in [9.17, 15) is 17.2 Å². The van der Waals surface area contributed by atoms with Gasteiger partial charge in [0.1, 0.15) is 17.4 Å². The van der Waals surface area contributed by atoms with Gasteiger partial charge in [0.15, 0.2) is 0 Å². The second-order valence-corrected chi connectivity index (χ2v) is 11.0. The van der Waals surface area contributed by atoms with E-state index in [1.165, 1.54) is 22.7 Å². The maximum absolute atomic E-state index is 14.3. The number of allylic oxidation sites excluding steroid dienone is 1. The summed E-state index contributed by atoms with van der Waals surface area (Å²) >= 11 is 3.56. The van der Waals surface area contributed by atoms with Gasteiger partial charge in [-0.05, 0) is 41.8 Å². The molecule has 0 spiro atoms. The summed E-state index contributed by atoms with van der Waals surface area (Å²) in [4.78, 5) is 2.25. The third kappa shape index (κ3) is 5.22.